The number of oxazole rings is 1. The van der Waals surface area contributed by atoms with Gasteiger partial charge < -0.3 is 8.98 Å². The zero-order valence-electron chi connectivity index (χ0n) is 12.9. The molecule has 2 aromatic carbocycles. The average molecular weight is 356 g/mol. The van der Waals surface area contributed by atoms with Gasteiger partial charge in [0.25, 0.3) is 0 Å². The third-order valence-electron chi connectivity index (χ3n) is 3.75. The van der Waals surface area contributed by atoms with Crippen LogP contribution in [0.1, 0.15) is 5.89 Å². The summed E-state index contributed by atoms with van der Waals surface area (Å²) in [6.45, 7) is 0. The highest BCUT2D eigenvalue weighted by atomic mass is 35.5. The van der Waals surface area contributed by atoms with E-state index in [-0.39, 0.29) is 0 Å². The molecule has 0 spiro atoms. The molecule has 4 rings (SSSR count). The number of benzene rings is 2. The van der Waals surface area contributed by atoms with Crippen molar-refractivity contribution in [1.82, 2.24) is 14.5 Å². The molecule has 24 heavy (non-hydrogen) atoms. The van der Waals surface area contributed by atoms with Crippen LogP contribution in [0.15, 0.2) is 64.3 Å². The molecule has 0 atom stereocenters. The summed E-state index contributed by atoms with van der Waals surface area (Å²) >= 11 is 7.52. The number of thioether (sulfide) groups is 1. The first kappa shape index (κ1) is 15.3. The predicted molar refractivity (Wildman–Crippen MR) is 97.2 cm³/mol. The molecule has 120 valence electrons. The second-order valence-corrected chi connectivity index (χ2v) is 6.73. The van der Waals surface area contributed by atoms with Crippen molar-refractivity contribution in [3.05, 3.63) is 65.6 Å². The first-order valence-electron chi connectivity index (χ1n) is 7.45. The topological polar surface area (TPSA) is 43.9 Å². The van der Waals surface area contributed by atoms with Crippen molar-refractivity contribution < 1.29 is 4.42 Å². The highest BCUT2D eigenvalue weighted by molar-refractivity contribution is 7.98. The Morgan fingerprint density at radius 3 is 2.71 bits per heavy atom. The molecule has 0 fully saturated rings. The van der Waals surface area contributed by atoms with Gasteiger partial charge in [0.1, 0.15) is 0 Å². The molecule has 0 saturated carbocycles. The predicted octanol–water partition coefficient (Wildman–Crippen LogP) is 5.17. The van der Waals surface area contributed by atoms with Gasteiger partial charge in [-0.15, -0.1) is 0 Å². The highest BCUT2D eigenvalue weighted by Crippen LogP contribution is 2.28. The molecule has 6 heteroatoms. The Hall–Kier alpha value is -2.24. The maximum absolute atomic E-state index is 5.91. The number of hydrogen-bond acceptors (Lipinski definition) is 4. The molecule has 0 unspecified atom stereocenters. The van der Waals surface area contributed by atoms with Crippen LogP contribution < -0.4 is 0 Å². The molecule has 0 saturated heterocycles. The number of nitrogens with zero attached hydrogens (tertiary/aromatic N) is 3. The Balaban J connectivity index is 1.51. The summed E-state index contributed by atoms with van der Waals surface area (Å²) in [5, 5.41) is 1.65. The van der Waals surface area contributed by atoms with E-state index in [2.05, 4.69) is 20.6 Å². The van der Waals surface area contributed by atoms with Crippen LogP contribution in [0, 0.1) is 0 Å². The van der Waals surface area contributed by atoms with Crippen molar-refractivity contribution in [2.75, 3.05) is 0 Å². The fourth-order valence-corrected chi connectivity index (χ4v) is 3.47. The van der Waals surface area contributed by atoms with Crippen molar-refractivity contribution >= 4 is 34.4 Å². The minimum Gasteiger partial charge on any atom is -0.440 e. The van der Waals surface area contributed by atoms with E-state index in [9.17, 15) is 0 Å². The second kappa shape index (κ2) is 6.34. The summed E-state index contributed by atoms with van der Waals surface area (Å²) in [4.78, 5) is 9.00. The smallest absolute Gasteiger partial charge is 0.205 e. The fourth-order valence-electron chi connectivity index (χ4n) is 2.50. The first-order valence-corrected chi connectivity index (χ1v) is 8.82. The van der Waals surface area contributed by atoms with Crippen LogP contribution in [0.4, 0.5) is 0 Å². The summed E-state index contributed by atoms with van der Waals surface area (Å²) in [7, 11) is 2.02. The van der Waals surface area contributed by atoms with Crippen molar-refractivity contribution in [2.24, 2.45) is 7.05 Å². The monoisotopic (exact) mass is 355 g/mol. The molecule has 2 heterocycles. The van der Waals surface area contributed by atoms with Crippen LogP contribution in [0.2, 0.25) is 5.02 Å². The number of halogens is 1. The Bertz CT molecular complexity index is 991. The van der Waals surface area contributed by atoms with Crippen molar-refractivity contribution in [1.29, 1.82) is 0 Å². The zero-order chi connectivity index (χ0) is 16.5. The van der Waals surface area contributed by atoms with Crippen molar-refractivity contribution in [3.8, 4) is 11.3 Å². The quantitative estimate of drug-likeness (QED) is 0.473. The largest absolute Gasteiger partial charge is 0.440 e. The van der Waals surface area contributed by atoms with E-state index in [0.717, 1.165) is 27.5 Å². The second-order valence-electron chi connectivity index (χ2n) is 5.36. The lowest BCUT2D eigenvalue weighted by Gasteiger charge is -2.00. The molecular formula is C18H14ClN3OS. The summed E-state index contributed by atoms with van der Waals surface area (Å²) in [5.41, 5.74) is 3.08. The minimum absolute atomic E-state index is 0.630. The van der Waals surface area contributed by atoms with E-state index >= 15 is 0 Å². The van der Waals surface area contributed by atoms with E-state index in [4.69, 9.17) is 16.0 Å². The lowest BCUT2D eigenvalue weighted by molar-refractivity contribution is 0.529. The lowest BCUT2D eigenvalue weighted by Crippen LogP contribution is -1.91. The van der Waals surface area contributed by atoms with Gasteiger partial charge in [-0.25, -0.2) is 9.97 Å². The van der Waals surface area contributed by atoms with Crippen LogP contribution in [-0.2, 0) is 12.8 Å². The van der Waals surface area contributed by atoms with Gasteiger partial charge in [0.2, 0.25) is 5.89 Å². The molecule has 0 aliphatic rings. The van der Waals surface area contributed by atoms with Crippen LogP contribution in [0.3, 0.4) is 0 Å². The average Bonchev–Trinajstić information content (AvgIpc) is 3.19. The fraction of sp³-hybridized carbons (Fsp3) is 0.111. The lowest BCUT2D eigenvalue weighted by atomic mass is 10.2. The maximum atomic E-state index is 5.91. The van der Waals surface area contributed by atoms with Crippen molar-refractivity contribution in [3.63, 3.8) is 0 Å². The van der Waals surface area contributed by atoms with Crippen LogP contribution in [0.25, 0.3) is 22.4 Å². The van der Waals surface area contributed by atoms with Gasteiger partial charge in [0, 0.05) is 17.6 Å². The number of para-hydroxylation sites is 2. The molecule has 4 aromatic rings. The van der Waals surface area contributed by atoms with Crippen LogP contribution in [0.5, 0.6) is 0 Å². The molecular weight excluding hydrogens is 342 g/mol. The Labute approximate surface area is 148 Å². The molecule has 0 aliphatic carbocycles. The van der Waals surface area contributed by atoms with E-state index in [1.807, 2.05) is 49.5 Å². The Morgan fingerprint density at radius 1 is 1.12 bits per heavy atom. The van der Waals surface area contributed by atoms with E-state index in [0.29, 0.717) is 16.7 Å². The Kier molecular flexibility index (Phi) is 4.04. The van der Waals surface area contributed by atoms with Gasteiger partial charge >= 0.3 is 0 Å². The van der Waals surface area contributed by atoms with E-state index < -0.39 is 0 Å². The third-order valence-corrected chi connectivity index (χ3v) is 5.02. The van der Waals surface area contributed by atoms with Gasteiger partial charge in [-0.3, -0.25) is 0 Å². The normalized spacial score (nSPS) is 11.2. The number of rotatable bonds is 4. The third kappa shape index (κ3) is 2.92. The zero-order valence-corrected chi connectivity index (χ0v) is 14.5. The number of hydrogen-bond donors (Lipinski definition) is 0. The number of imidazole rings is 1. The molecule has 2 aromatic heterocycles. The summed E-state index contributed by atoms with van der Waals surface area (Å²) in [6, 6.07) is 15.6. The molecule has 0 radical (unpaired) electrons. The van der Waals surface area contributed by atoms with Gasteiger partial charge in [-0.05, 0) is 36.4 Å². The number of fused-ring (bicyclic) bond motifs is 1. The molecule has 0 amide bonds. The summed E-state index contributed by atoms with van der Waals surface area (Å²) in [6.07, 6.45) is 1.74. The van der Waals surface area contributed by atoms with Crippen LogP contribution in [-0.4, -0.2) is 14.5 Å². The number of aromatic nitrogens is 3. The Morgan fingerprint density at radius 2 is 1.92 bits per heavy atom. The number of aryl methyl sites for hydroxylation is 1. The molecule has 0 aliphatic heterocycles. The first-order chi connectivity index (χ1) is 11.7. The molecule has 0 N–H and O–H groups in total. The highest BCUT2D eigenvalue weighted by Gasteiger charge is 2.11. The summed E-state index contributed by atoms with van der Waals surface area (Å²) in [5.74, 6) is 2.05. The SMILES string of the molecule is Cn1c(SCc2ncc(-c3ccc(Cl)cc3)o2)nc2ccccc21. The van der Waals surface area contributed by atoms with Gasteiger partial charge in [-0.1, -0.05) is 35.5 Å². The molecule has 4 nitrogen and oxygen atoms in total. The maximum Gasteiger partial charge on any atom is 0.205 e. The van der Waals surface area contributed by atoms with Crippen LogP contribution >= 0.6 is 23.4 Å². The van der Waals surface area contributed by atoms with Crippen molar-refractivity contribution in [2.45, 2.75) is 10.9 Å². The standard InChI is InChI=1S/C18H14ClN3OS/c1-22-15-5-3-2-4-14(15)21-18(22)24-11-17-20-10-16(23-17)12-6-8-13(19)9-7-12/h2-10H,11H2,1H3. The van der Waals surface area contributed by atoms with Gasteiger partial charge in [0.15, 0.2) is 10.9 Å². The summed E-state index contributed by atoms with van der Waals surface area (Å²) < 4.78 is 7.92. The van der Waals surface area contributed by atoms with E-state index in [1.54, 1.807) is 18.0 Å². The minimum atomic E-state index is 0.630. The van der Waals surface area contributed by atoms with E-state index in [1.165, 1.54) is 0 Å². The van der Waals surface area contributed by atoms with Gasteiger partial charge in [0.05, 0.1) is 23.0 Å². The van der Waals surface area contributed by atoms with Gasteiger partial charge in [-0.2, -0.15) is 0 Å². The molecule has 0 bridgehead atoms.